The highest BCUT2D eigenvalue weighted by Crippen LogP contribution is 2.08. The van der Waals surface area contributed by atoms with Crippen LogP contribution in [0.5, 0.6) is 0 Å². The van der Waals surface area contributed by atoms with E-state index >= 15 is 0 Å². The van der Waals surface area contributed by atoms with E-state index in [0.717, 1.165) is 5.56 Å². The van der Waals surface area contributed by atoms with Gasteiger partial charge in [-0.2, -0.15) is 0 Å². The molecular formula is C15H25N3O4S. The quantitative estimate of drug-likeness (QED) is 0.734. The summed E-state index contributed by atoms with van der Waals surface area (Å²) in [5.41, 5.74) is 1.59. The van der Waals surface area contributed by atoms with Crippen LogP contribution in [0.15, 0.2) is 24.3 Å². The zero-order chi connectivity index (χ0) is 17.5. The topological polar surface area (TPSA) is 87.7 Å². The first-order chi connectivity index (χ1) is 10.8. The first-order valence-corrected chi connectivity index (χ1v) is 8.93. The second kappa shape index (κ2) is 8.85. The van der Waals surface area contributed by atoms with Crippen LogP contribution in [0.25, 0.3) is 0 Å². The molecule has 0 saturated heterocycles. The number of carbonyl (C=O) groups excluding carboxylic acids is 1. The van der Waals surface area contributed by atoms with Gasteiger partial charge in [0, 0.05) is 20.7 Å². The summed E-state index contributed by atoms with van der Waals surface area (Å²) >= 11 is 0. The molecule has 2 N–H and O–H groups in total. The van der Waals surface area contributed by atoms with E-state index in [4.69, 9.17) is 4.74 Å². The standard InChI is InChI=1S/C15H25N3O4S/c1-12(10-22-4)18(3)15(19)17-9-13-5-7-14(8-6-13)11-23(20,21)16-2/h5-8,12,16H,9-11H2,1-4H3,(H,17,19)/t12-/m1/s1. The van der Waals surface area contributed by atoms with Crippen LogP contribution in [0.3, 0.4) is 0 Å². The van der Waals surface area contributed by atoms with Crippen molar-refractivity contribution in [2.75, 3.05) is 27.8 Å². The number of carbonyl (C=O) groups is 1. The van der Waals surface area contributed by atoms with Gasteiger partial charge in [0.2, 0.25) is 10.0 Å². The van der Waals surface area contributed by atoms with E-state index in [-0.39, 0.29) is 17.8 Å². The predicted octanol–water partition coefficient (Wildman–Crippen LogP) is 0.912. The lowest BCUT2D eigenvalue weighted by molar-refractivity contribution is 0.123. The number of benzene rings is 1. The molecule has 1 atom stereocenters. The van der Waals surface area contributed by atoms with Crippen molar-refractivity contribution in [1.82, 2.24) is 14.9 Å². The zero-order valence-corrected chi connectivity index (χ0v) is 14.8. The third-order valence-electron chi connectivity index (χ3n) is 3.52. The van der Waals surface area contributed by atoms with Crippen LogP contribution in [0.1, 0.15) is 18.1 Å². The predicted molar refractivity (Wildman–Crippen MR) is 89.5 cm³/mol. The SMILES string of the molecule is CNS(=O)(=O)Cc1ccc(CNC(=O)N(C)[C@H](C)COC)cc1. The molecule has 0 aliphatic carbocycles. The molecule has 1 rings (SSSR count). The van der Waals surface area contributed by atoms with Crippen LogP contribution >= 0.6 is 0 Å². The zero-order valence-electron chi connectivity index (χ0n) is 14.0. The number of hydrogen-bond acceptors (Lipinski definition) is 4. The van der Waals surface area contributed by atoms with Crippen molar-refractivity contribution in [3.05, 3.63) is 35.4 Å². The summed E-state index contributed by atoms with van der Waals surface area (Å²) in [7, 11) is 1.42. The summed E-state index contributed by atoms with van der Waals surface area (Å²) in [6.45, 7) is 2.75. The molecule has 0 radical (unpaired) electrons. The Bertz CT molecular complexity index is 602. The van der Waals surface area contributed by atoms with Crippen molar-refractivity contribution in [2.45, 2.75) is 25.3 Å². The van der Waals surface area contributed by atoms with E-state index in [1.807, 2.05) is 6.92 Å². The molecule has 130 valence electrons. The van der Waals surface area contributed by atoms with E-state index < -0.39 is 10.0 Å². The normalized spacial score (nSPS) is 12.7. The number of likely N-dealkylation sites (N-methyl/N-ethyl adjacent to an activating group) is 1. The number of urea groups is 1. The Kier molecular flexibility index (Phi) is 7.47. The third kappa shape index (κ3) is 6.55. The van der Waals surface area contributed by atoms with Gasteiger partial charge in [-0.1, -0.05) is 24.3 Å². The van der Waals surface area contributed by atoms with Gasteiger partial charge in [0.25, 0.3) is 0 Å². The van der Waals surface area contributed by atoms with Gasteiger partial charge in [-0.15, -0.1) is 0 Å². The monoisotopic (exact) mass is 343 g/mol. The molecule has 8 heteroatoms. The maximum atomic E-state index is 12.0. The van der Waals surface area contributed by atoms with Gasteiger partial charge in [0.05, 0.1) is 18.4 Å². The summed E-state index contributed by atoms with van der Waals surface area (Å²) in [5, 5.41) is 2.82. The van der Waals surface area contributed by atoms with Gasteiger partial charge in [0.1, 0.15) is 0 Å². The minimum absolute atomic E-state index is 0.0193. The maximum Gasteiger partial charge on any atom is 0.317 e. The van der Waals surface area contributed by atoms with E-state index in [1.165, 1.54) is 7.05 Å². The molecule has 0 aliphatic heterocycles. The summed E-state index contributed by atoms with van der Waals surface area (Å²) < 4.78 is 30.3. The summed E-state index contributed by atoms with van der Waals surface area (Å²) in [5.74, 6) is -0.0621. The van der Waals surface area contributed by atoms with Gasteiger partial charge in [-0.25, -0.2) is 17.9 Å². The smallest absolute Gasteiger partial charge is 0.317 e. The average Bonchev–Trinajstić information content (AvgIpc) is 2.53. The average molecular weight is 343 g/mol. The molecule has 0 heterocycles. The fourth-order valence-electron chi connectivity index (χ4n) is 1.90. The lowest BCUT2D eigenvalue weighted by Crippen LogP contribution is -2.43. The highest BCUT2D eigenvalue weighted by atomic mass is 32.2. The van der Waals surface area contributed by atoms with Gasteiger partial charge in [-0.3, -0.25) is 0 Å². The number of methoxy groups -OCH3 is 1. The van der Waals surface area contributed by atoms with Crippen molar-refractivity contribution < 1.29 is 17.9 Å². The van der Waals surface area contributed by atoms with Crippen LogP contribution in [-0.4, -0.2) is 53.2 Å². The number of nitrogens with zero attached hydrogens (tertiary/aromatic N) is 1. The molecule has 1 aromatic carbocycles. The Hall–Kier alpha value is -1.64. The number of sulfonamides is 1. The van der Waals surface area contributed by atoms with Crippen LogP contribution in [0.4, 0.5) is 4.79 Å². The molecule has 1 aromatic rings. The number of hydrogen-bond donors (Lipinski definition) is 2. The molecule has 2 amide bonds. The molecule has 0 aromatic heterocycles. The molecule has 0 spiro atoms. The van der Waals surface area contributed by atoms with Gasteiger partial charge in [-0.05, 0) is 25.1 Å². The maximum absolute atomic E-state index is 12.0. The van der Waals surface area contributed by atoms with Gasteiger partial charge < -0.3 is 15.0 Å². The van der Waals surface area contributed by atoms with Crippen LogP contribution in [0, 0.1) is 0 Å². The first kappa shape index (κ1) is 19.4. The highest BCUT2D eigenvalue weighted by molar-refractivity contribution is 7.88. The largest absolute Gasteiger partial charge is 0.383 e. The van der Waals surface area contributed by atoms with Crippen LogP contribution in [0.2, 0.25) is 0 Å². The molecule has 0 fully saturated rings. The van der Waals surface area contributed by atoms with E-state index in [1.54, 1.807) is 43.3 Å². The Labute approximate surface area is 138 Å². The lowest BCUT2D eigenvalue weighted by atomic mass is 10.1. The molecule has 7 nitrogen and oxygen atoms in total. The number of nitrogens with one attached hydrogen (secondary N) is 2. The molecular weight excluding hydrogens is 318 g/mol. The van der Waals surface area contributed by atoms with Crippen molar-refractivity contribution in [1.29, 1.82) is 0 Å². The second-order valence-corrected chi connectivity index (χ2v) is 7.28. The van der Waals surface area contributed by atoms with Crippen molar-refractivity contribution in [3.8, 4) is 0 Å². The van der Waals surface area contributed by atoms with Crippen LogP contribution < -0.4 is 10.0 Å². The third-order valence-corrected chi connectivity index (χ3v) is 4.86. The van der Waals surface area contributed by atoms with Crippen molar-refractivity contribution in [3.63, 3.8) is 0 Å². The first-order valence-electron chi connectivity index (χ1n) is 7.27. The molecule has 0 aliphatic rings. The van der Waals surface area contributed by atoms with Crippen LogP contribution in [-0.2, 0) is 27.1 Å². The molecule has 23 heavy (non-hydrogen) atoms. The summed E-state index contributed by atoms with van der Waals surface area (Å²) in [4.78, 5) is 13.6. The second-order valence-electron chi connectivity index (χ2n) is 5.35. The van der Waals surface area contributed by atoms with E-state index in [0.29, 0.717) is 18.7 Å². The lowest BCUT2D eigenvalue weighted by Gasteiger charge is -2.24. The van der Waals surface area contributed by atoms with Gasteiger partial charge in [0.15, 0.2) is 0 Å². The molecule has 0 unspecified atom stereocenters. The minimum Gasteiger partial charge on any atom is -0.383 e. The minimum atomic E-state index is -3.28. The highest BCUT2D eigenvalue weighted by Gasteiger charge is 2.15. The van der Waals surface area contributed by atoms with Gasteiger partial charge >= 0.3 is 6.03 Å². The number of ether oxygens (including phenoxy) is 1. The Morgan fingerprint density at radius 2 is 1.83 bits per heavy atom. The van der Waals surface area contributed by atoms with Crippen molar-refractivity contribution in [2.24, 2.45) is 0 Å². The fourth-order valence-corrected chi connectivity index (χ4v) is 2.68. The molecule has 0 bridgehead atoms. The fraction of sp³-hybridized carbons (Fsp3) is 0.533. The summed E-state index contributed by atoms with van der Waals surface area (Å²) in [6, 6.07) is 6.89. The molecule has 0 saturated carbocycles. The number of amides is 2. The number of rotatable bonds is 8. The Morgan fingerprint density at radius 3 is 2.35 bits per heavy atom. The van der Waals surface area contributed by atoms with E-state index in [2.05, 4.69) is 10.0 Å². The van der Waals surface area contributed by atoms with E-state index in [9.17, 15) is 13.2 Å². The Balaban J connectivity index is 2.54. The Morgan fingerprint density at radius 1 is 1.26 bits per heavy atom. The summed E-state index contributed by atoms with van der Waals surface area (Å²) in [6.07, 6.45) is 0. The van der Waals surface area contributed by atoms with Crippen molar-refractivity contribution >= 4 is 16.1 Å².